The van der Waals surface area contributed by atoms with E-state index >= 15 is 0 Å². The third-order valence-corrected chi connectivity index (χ3v) is 4.01. The molecule has 1 heterocycles. The number of nitrogens with one attached hydrogen (secondary N) is 1. The van der Waals surface area contributed by atoms with Crippen LogP contribution in [-0.2, 0) is 16.1 Å². The van der Waals surface area contributed by atoms with Gasteiger partial charge in [0.25, 0.3) is 11.3 Å². The zero-order chi connectivity index (χ0) is 16.8. The van der Waals surface area contributed by atoms with Gasteiger partial charge in [-0.25, -0.2) is 4.21 Å². The molecule has 7 heteroatoms. The molecule has 0 aliphatic carbocycles. The molecule has 2 N–H and O–H groups in total. The fourth-order valence-corrected chi connectivity index (χ4v) is 2.87. The molecular formula is C16H18N2O4S. The van der Waals surface area contributed by atoms with Crippen LogP contribution < -0.4 is 4.72 Å². The molecule has 23 heavy (non-hydrogen) atoms. The molecule has 1 aromatic rings. The number of ketones is 1. The number of Topliss-reactive ketones (excluding diaryl/α,β-unsaturated/α-hetero) is 1. The molecule has 1 saturated heterocycles. The van der Waals surface area contributed by atoms with Gasteiger partial charge in [-0.15, -0.1) is 0 Å². The van der Waals surface area contributed by atoms with E-state index in [1.807, 2.05) is 15.7 Å². The molecule has 0 aromatic heterocycles. The molecule has 2 rings (SSSR count). The predicted octanol–water partition coefficient (Wildman–Crippen LogP) is 1.51. The van der Waals surface area contributed by atoms with Crippen molar-refractivity contribution in [2.75, 3.05) is 13.1 Å². The van der Waals surface area contributed by atoms with Gasteiger partial charge in [0, 0.05) is 18.7 Å². The standard InChI is InChI=1S/C16H18N2O4S/c1-2-6-14(15(19)12-7-4-3-5-8-12)18-10-9-13(11-18)16(20)17-23(21)22/h2-8,13H,1,9-11H2,(H,17,20)(H,21,22)/b14-6-. The van der Waals surface area contributed by atoms with Gasteiger partial charge in [-0.3, -0.25) is 18.9 Å². The number of hydrogen-bond donors (Lipinski definition) is 2. The van der Waals surface area contributed by atoms with Crippen LogP contribution in [0.25, 0.3) is 0 Å². The van der Waals surface area contributed by atoms with Crippen molar-refractivity contribution in [3.63, 3.8) is 0 Å². The Labute approximate surface area is 137 Å². The van der Waals surface area contributed by atoms with Crippen LogP contribution >= 0.6 is 0 Å². The first-order chi connectivity index (χ1) is 11.0. The van der Waals surface area contributed by atoms with Crippen molar-refractivity contribution >= 4 is 23.0 Å². The van der Waals surface area contributed by atoms with E-state index in [-0.39, 0.29) is 5.78 Å². The Morgan fingerprint density at radius 3 is 2.65 bits per heavy atom. The van der Waals surface area contributed by atoms with Crippen molar-refractivity contribution in [2.45, 2.75) is 6.42 Å². The van der Waals surface area contributed by atoms with Gasteiger partial charge in [0.1, 0.15) is 0 Å². The Kier molecular flexibility index (Phi) is 5.84. The average Bonchev–Trinajstić information content (AvgIpc) is 3.02. The molecule has 0 bridgehead atoms. The number of benzene rings is 1. The highest BCUT2D eigenvalue weighted by Crippen LogP contribution is 2.23. The van der Waals surface area contributed by atoms with Gasteiger partial charge >= 0.3 is 0 Å². The molecular weight excluding hydrogens is 316 g/mol. The number of likely N-dealkylation sites (tertiary alicyclic amines) is 1. The summed E-state index contributed by atoms with van der Waals surface area (Å²) >= 11 is -2.37. The van der Waals surface area contributed by atoms with Crippen molar-refractivity contribution in [3.05, 3.63) is 60.3 Å². The maximum atomic E-state index is 12.6. The predicted molar refractivity (Wildman–Crippen MR) is 87.6 cm³/mol. The first kappa shape index (κ1) is 17.1. The van der Waals surface area contributed by atoms with Crippen molar-refractivity contribution in [2.24, 2.45) is 5.92 Å². The van der Waals surface area contributed by atoms with Gasteiger partial charge in [0.15, 0.2) is 0 Å². The second-order valence-corrected chi connectivity index (χ2v) is 5.83. The summed E-state index contributed by atoms with van der Waals surface area (Å²) in [5.74, 6) is -1.06. The van der Waals surface area contributed by atoms with E-state index in [1.54, 1.807) is 30.3 Å². The lowest BCUT2D eigenvalue weighted by Crippen LogP contribution is -2.34. The van der Waals surface area contributed by atoms with Crippen LogP contribution in [0.15, 0.2) is 54.8 Å². The number of nitrogens with zero attached hydrogens (tertiary/aromatic N) is 1. The summed E-state index contributed by atoms with van der Waals surface area (Å²) in [5, 5.41) is 0. The van der Waals surface area contributed by atoms with Crippen LogP contribution in [0.5, 0.6) is 0 Å². The zero-order valence-electron chi connectivity index (χ0n) is 12.5. The molecule has 0 radical (unpaired) electrons. The van der Waals surface area contributed by atoms with Crippen molar-refractivity contribution < 1.29 is 18.4 Å². The number of carbonyl (C=O) groups excluding carboxylic acids is 2. The van der Waals surface area contributed by atoms with E-state index in [2.05, 4.69) is 6.58 Å². The minimum Gasteiger partial charge on any atom is -0.368 e. The molecule has 122 valence electrons. The monoisotopic (exact) mass is 334 g/mol. The highest BCUT2D eigenvalue weighted by molar-refractivity contribution is 7.77. The summed E-state index contributed by atoms with van der Waals surface area (Å²) in [6, 6.07) is 8.87. The van der Waals surface area contributed by atoms with Gasteiger partial charge in [-0.05, 0) is 12.5 Å². The average molecular weight is 334 g/mol. The van der Waals surface area contributed by atoms with Crippen LogP contribution in [0.4, 0.5) is 0 Å². The second kappa shape index (κ2) is 7.85. The number of allylic oxidation sites excluding steroid dienone is 3. The lowest BCUT2D eigenvalue weighted by molar-refractivity contribution is -0.122. The quantitative estimate of drug-likeness (QED) is 0.356. The minimum absolute atomic E-state index is 0.141. The summed E-state index contributed by atoms with van der Waals surface area (Å²) in [5.41, 5.74) is 1.02. The summed E-state index contributed by atoms with van der Waals surface area (Å²) in [4.78, 5) is 26.2. The van der Waals surface area contributed by atoms with E-state index in [1.165, 1.54) is 6.08 Å². The van der Waals surface area contributed by atoms with Gasteiger partial charge in [-0.1, -0.05) is 43.0 Å². The van der Waals surface area contributed by atoms with Crippen molar-refractivity contribution in [1.29, 1.82) is 0 Å². The van der Waals surface area contributed by atoms with Gasteiger partial charge in [0.05, 0.1) is 11.6 Å². The molecule has 6 nitrogen and oxygen atoms in total. The second-order valence-electron chi connectivity index (χ2n) is 5.13. The fraction of sp³-hybridized carbons (Fsp3) is 0.250. The highest BCUT2D eigenvalue weighted by Gasteiger charge is 2.32. The lowest BCUT2D eigenvalue weighted by Gasteiger charge is -2.21. The van der Waals surface area contributed by atoms with Gasteiger partial charge < -0.3 is 4.90 Å². The third kappa shape index (κ3) is 4.37. The molecule has 1 amide bonds. The molecule has 2 unspecified atom stereocenters. The fourth-order valence-electron chi connectivity index (χ4n) is 2.54. The van der Waals surface area contributed by atoms with Crippen LogP contribution in [-0.4, -0.2) is 38.4 Å². The van der Waals surface area contributed by atoms with Gasteiger partial charge in [-0.2, -0.15) is 0 Å². The van der Waals surface area contributed by atoms with Crippen LogP contribution in [0, 0.1) is 5.92 Å². The minimum atomic E-state index is -2.37. The van der Waals surface area contributed by atoms with Crippen LogP contribution in [0.3, 0.4) is 0 Å². The van der Waals surface area contributed by atoms with E-state index in [0.717, 1.165) is 0 Å². The third-order valence-electron chi connectivity index (χ3n) is 3.63. The SMILES string of the molecule is C=C/C=C(/C(=O)c1ccccc1)N1CCC(C(=O)NS(=O)O)C1. The Morgan fingerprint density at radius 1 is 1.35 bits per heavy atom. The van der Waals surface area contributed by atoms with Crippen LogP contribution in [0.1, 0.15) is 16.8 Å². The van der Waals surface area contributed by atoms with E-state index < -0.39 is 23.1 Å². The Balaban J connectivity index is 2.13. The van der Waals surface area contributed by atoms with E-state index in [4.69, 9.17) is 4.55 Å². The topological polar surface area (TPSA) is 86.7 Å². The van der Waals surface area contributed by atoms with E-state index in [0.29, 0.717) is 30.8 Å². The Bertz CT molecular complexity index is 657. The number of rotatable bonds is 6. The first-order valence-electron chi connectivity index (χ1n) is 7.11. The van der Waals surface area contributed by atoms with Crippen molar-refractivity contribution in [1.82, 2.24) is 9.62 Å². The summed E-state index contributed by atoms with van der Waals surface area (Å²) < 4.78 is 21.4. The maximum Gasteiger partial charge on any atom is 0.261 e. The normalized spacial score (nSPS) is 19.3. The maximum absolute atomic E-state index is 12.6. The molecule has 1 fully saturated rings. The van der Waals surface area contributed by atoms with Crippen LogP contribution in [0.2, 0.25) is 0 Å². The molecule has 1 aliphatic heterocycles. The largest absolute Gasteiger partial charge is 0.368 e. The smallest absolute Gasteiger partial charge is 0.261 e. The first-order valence-corrected chi connectivity index (χ1v) is 8.22. The summed E-state index contributed by atoms with van der Waals surface area (Å²) in [6.45, 7) is 4.48. The number of carbonyl (C=O) groups is 2. The Hall–Kier alpha value is -2.25. The van der Waals surface area contributed by atoms with E-state index in [9.17, 15) is 13.8 Å². The molecule has 1 aliphatic rings. The molecule has 0 spiro atoms. The van der Waals surface area contributed by atoms with Crippen molar-refractivity contribution in [3.8, 4) is 0 Å². The molecule has 0 saturated carbocycles. The number of amides is 1. The van der Waals surface area contributed by atoms with Gasteiger partial charge in [0.2, 0.25) is 11.7 Å². The summed E-state index contributed by atoms with van der Waals surface area (Å²) in [6.07, 6.45) is 3.67. The molecule has 1 aromatic carbocycles. The lowest BCUT2D eigenvalue weighted by atomic mass is 10.1. The molecule has 2 atom stereocenters. The summed E-state index contributed by atoms with van der Waals surface area (Å²) in [7, 11) is 0. The zero-order valence-corrected chi connectivity index (χ0v) is 13.3. The highest BCUT2D eigenvalue weighted by atomic mass is 32.2. The number of hydrogen-bond acceptors (Lipinski definition) is 4. The Morgan fingerprint density at radius 2 is 2.04 bits per heavy atom.